The minimum absolute atomic E-state index is 0.275. The van der Waals surface area contributed by atoms with Gasteiger partial charge in [-0.15, -0.1) is 0 Å². The molecule has 1 aromatic heterocycles. The van der Waals surface area contributed by atoms with Crippen molar-refractivity contribution in [2.75, 3.05) is 6.54 Å². The van der Waals surface area contributed by atoms with Gasteiger partial charge in [0.2, 0.25) is 5.78 Å². The largest absolute Gasteiger partial charge is 0.335 e. The molecule has 0 saturated carbocycles. The van der Waals surface area contributed by atoms with Crippen LogP contribution in [0.2, 0.25) is 0 Å². The molecule has 0 saturated heterocycles. The minimum atomic E-state index is -0.426. The van der Waals surface area contributed by atoms with E-state index in [1.54, 1.807) is 30.1 Å². The van der Waals surface area contributed by atoms with E-state index in [0.29, 0.717) is 24.3 Å². The van der Waals surface area contributed by atoms with E-state index in [9.17, 15) is 9.18 Å². The number of carbonyl (C=O) groups is 1. The molecular formula is C13H14FN3O. The Balaban J connectivity index is 2.32. The second-order valence-corrected chi connectivity index (χ2v) is 4.07. The summed E-state index contributed by atoms with van der Waals surface area (Å²) in [5, 5.41) is 0. The molecule has 0 unspecified atom stereocenters. The maximum Gasteiger partial charge on any atom is 0.213 e. The first-order valence-corrected chi connectivity index (χ1v) is 5.64. The smallest absolute Gasteiger partial charge is 0.213 e. The van der Waals surface area contributed by atoms with E-state index >= 15 is 0 Å². The van der Waals surface area contributed by atoms with E-state index in [1.807, 2.05) is 0 Å². The van der Waals surface area contributed by atoms with Crippen LogP contribution >= 0.6 is 0 Å². The summed E-state index contributed by atoms with van der Waals surface area (Å²) >= 11 is 0. The second kappa shape index (κ2) is 5.10. The molecule has 0 amide bonds. The molecule has 2 N–H and O–H groups in total. The van der Waals surface area contributed by atoms with Crippen LogP contribution in [0.25, 0.3) is 0 Å². The topological polar surface area (TPSA) is 60.9 Å². The number of hydrogen-bond donors (Lipinski definition) is 1. The van der Waals surface area contributed by atoms with E-state index in [-0.39, 0.29) is 5.78 Å². The Morgan fingerprint density at radius 3 is 3.00 bits per heavy atom. The number of ketones is 1. The lowest BCUT2D eigenvalue weighted by atomic mass is 10.0. The highest BCUT2D eigenvalue weighted by atomic mass is 19.1. The van der Waals surface area contributed by atoms with Crippen LogP contribution < -0.4 is 5.73 Å². The van der Waals surface area contributed by atoms with Crippen LogP contribution in [0.1, 0.15) is 21.6 Å². The Kier molecular flexibility index (Phi) is 3.53. The number of nitrogens with zero attached hydrogens (tertiary/aromatic N) is 2. The maximum atomic E-state index is 13.2. The van der Waals surface area contributed by atoms with E-state index in [4.69, 9.17) is 5.73 Å². The second-order valence-electron chi connectivity index (χ2n) is 4.07. The van der Waals surface area contributed by atoms with Crippen molar-refractivity contribution >= 4 is 5.78 Å². The molecule has 0 spiro atoms. The van der Waals surface area contributed by atoms with Gasteiger partial charge in [-0.25, -0.2) is 9.37 Å². The highest BCUT2D eigenvalue weighted by molar-refractivity contribution is 6.08. The summed E-state index contributed by atoms with van der Waals surface area (Å²) in [4.78, 5) is 16.2. The fraction of sp³-hybridized carbons (Fsp3) is 0.231. The Morgan fingerprint density at radius 1 is 1.50 bits per heavy atom. The zero-order valence-corrected chi connectivity index (χ0v) is 10.1. The number of rotatable bonds is 4. The number of nitrogens with two attached hydrogens (primary N) is 1. The average molecular weight is 247 g/mol. The van der Waals surface area contributed by atoms with Crippen LogP contribution in [-0.4, -0.2) is 21.9 Å². The number of halogens is 1. The van der Waals surface area contributed by atoms with E-state index in [2.05, 4.69) is 4.98 Å². The summed E-state index contributed by atoms with van der Waals surface area (Å²) < 4.78 is 14.9. The Bertz CT molecular complexity index is 577. The average Bonchev–Trinajstić information content (AvgIpc) is 2.80. The summed E-state index contributed by atoms with van der Waals surface area (Å²) in [6.45, 7) is 2.84. The van der Waals surface area contributed by atoms with Gasteiger partial charge in [0.25, 0.3) is 0 Å². The highest BCUT2D eigenvalue weighted by Gasteiger charge is 2.15. The van der Waals surface area contributed by atoms with Gasteiger partial charge in [0, 0.05) is 24.8 Å². The standard InChI is InChI=1S/C13H14FN3O/c1-9-2-3-10(14)6-11(9)13(18)12-7-17(5-4-15)8-16-12/h2-3,6-8H,4-5,15H2,1H3. The molecular weight excluding hydrogens is 233 g/mol. The number of imidazole rings is 1. The monoisotopic (exact) mass is 247 g/mol. The van der Waals surface area contributed by atoms with Gasteiger partial charge in [0.1, 0.15) is 11.5 Å². The number of hydrogen-bond acceptors (Lipinski definition) is 3. The zero-order chi connectivity index (χ0) is 13.1. The third-order valence-corrected chi connectivity index (χ3v) is 2.70. The quantitative estimate of drug-likeness (QED) is 0.833. The minimum Gasteiger partial charge on any atom is -0.335 e. The van der Waals surface area contributed by atoms with Gasteiger partial charge in [-0.05, 0) is 24.6 Å². The molecule has 2 rings (SSSR count). The molecule has 0 bridgehead atoms. The predicted molar refractivity (Wildman–Crippen MR) is 65.9 cm³/mol. The summed E-state index contributed by atoms with van der Waals surface area (Å²) in [6.07, 6.45) is 3.17. The molecule has 5 heteroatoms. The fourth-order valence-corrected chi connectivity index (χ4v) is 1.73. The number of aromatic nitrogens is 2. The zero-order valence-electron chi connectivity index (χ0n) is 10.1. The van der Waals surface area contributed by atoms with Gasteiger partial charge in [0.15, 0.2) is 0 Å². The van der Waals surface area contributed by atoms with Crippen LogP contribution in [0.3, 0.4) is 0 Å². The lowest BCUT2D eigenvalue weighted by molar-refractivity contribution is 0.103. The Hall–Kier alpha value is -2.01. The van der Waals surface area contributed by atoms with Crippen LogP contribution in [0, 0.1) is 12.7 Å². The Morgan fingerprint density at radius 2 is 2.28 bits per heavy atom. The molecule has 2 aromatic rings. The van der Waals surface area contributed by atoms with Crippen molar-refractivity contribution in [2.45, 2.75) is 13.5 Å². The first-order valence-electron chi connectivity index (χ1n) is 5.64. The Labute approximate surface area is 104 Å². The molecule has 18 heavy (non-hydrogen) atoms. The van der Waals surface area contributed by atoms with E-state index in [1.165, 1.54) is 12.1 Å². The van der Waals surface area contributed by atoms with E-state index < -0.39 is 5.82 Å². The summed E-state index contributed by atoms with van der Waals surface area (Å²) in [5.41, 5.74) is 6.79. The van der Waals surface area contributed by atoms with Crippen molar-refractivity contribution in [2.24, 2.45) is 5.73 Å². The van der Waals surface area contributed by atoms with Gasteiger partial charge in [0.05, 0.1) is 6.33 Å². The first-order chi connectivity index (χ1) is 8.61. The maximum absolute atomic E-state index is 13.2. The third kappa shape index (κ3) is 2.46. The van der Waals surface area contributed by atoms with Crippen LogP contribution in [0.4, 0.5) is 4.39 Å². The van der Waals surface area contributed by atoms with Crippen molar-refractivity contribution < 1.29 is 9.18 Å². The molecule has 4 nitrogen and oxygen atoms in total. The van der Waals surface area contributed by atoms with Gasteiger partial charge >= 0.3 is 0 Å². The first kappa shape index (κ1) is 12.4. The van der Waals surface area contributed by atoms with Crippen LogP contribution in [0.5, 0.6) is 0 Å². The van der Waals surface area contributed by atoms with Crippen molar-refractivity contribution in [3.63, 3.8) is 0 Å². The van der Waals surface area contributed by atoms with Gasteiger partial charge in [-0.3, -0.25) is 4.79 Å². The predicted octanol–water partition coefficient (Wildman–Crippen LogP) is 1.52. The summed E-state index contributed by atoms with van der Waals surface area (Å²) in [6, 6.07) is 4.15. The van der Waals surface area contributed by atoms with E-state index in [0.717, 1.165) is 5.56 Å². The lowest BCUT2D eigenvalue weighted by Crippen LogP contribution is -2.08. The fourth-order valence-electron chi connectivity index (χ4n) is 1.73. The van der Waals surface area contributed by atoms with Gasteiger partial charge in [-0.2, -0.15) is 0 Å². The molecule has 0 aliphatic heterocycles. The summed E-state index contributed by atoms with van der Waals surface area (Å²) in [7, 11) is 0. The molecule has 0 fully saturated rings. The molecule has 0 aliphatic carbocycles. The molecule has 1 heterocycles. The molecule has 94 valence electrons. The van der Waals surface area contributed by atoms with Crippen LogP contribution in [-0.2, 0) is 6.54 Å². The molecule has 0 radical (unpaired) electrons. The lowest BCUT2D eigenvalue weighted by Gasteiger charge is -2.02. The van der Waals surface area contributed by atoms with Gasteiger partial charge in [-0.1, -0.05) is 6.07 Å². The normalized spacial score (nSPS) is 10.6. The van der Waals surface area contributed by atoms with Crippen molar-refractivity contribution in [1.29, 1.82) is 0 Å². The van der Waals surface area contributed by atoms with Crippen molar-refractivity contribution in [3.05, 3.63) is 53.4 Å². The van der Waals surface area contributed by atoms with Gasteiger partial charge < -0.3 is 10.3 Å². The van der Waals surface area contributed by atoms with Crippen molar-refractivity contribution in [3.8, 4) is 0 Å². The summed E-state index contributed by atoms with van der Waals surface area (Å²) in [5.74, 6) is -0.701. The molecule has 1 aromatic carbocycles. The number of aryl methyl sites for hydroxylation is 1. The highest BCUT2D eigenvalue weighted by Crippen LogP contribution is 2.14. The number of benzene rings is 1. The third-order valence-electron chi connectivity index (χ3n) is 2.70. The molecule has 0 atom stereocenters. The van der Waals surface area contributed by atoms with Crippen molar-refractivity contribution in [1.82, 2.24) is 9.55 Å². The SMILES string of the molecule is Cc1ccc(F)cc1C(=O)c1cn(CCN)cn1. The number of carbonyl (C=O) groups excluding carboxylic acids is 1. The van der Waals surface area contributed by atoms with Crippen LogP contribution in [0.15, 0.2) is 30.7 Å². The molecule has 0 aliphatic rings.